The van der Waals surface area contributed by atoms with Crippen molar-refractivity contribution in [1.29, 1.82) is 0 Å². The number of aromatic nitrogens is 3. The Morgan fingerprint density at radius 3 is 2.46 bits per heavy atom. The van der Waals surface area contributed by atoms with Gasteiger partial charge in [-0.15, -0.1) is 0 Å². The fourth-order valence-corrected chi connectivity index (χ4v) is 5.29. The van der Waals surface area contributed by atoms with Gasteiger partial charge >= 0.3 is 0 Å². The van der Waals surface area contributed by atoms with Gasteiger partial charge in [0.15, 0.2) is 4.73 Å². The molecule has 28 heavy (non-hydrogen) atoms. The first kappa shape index (κ1) is 22.2. The van der Waals surface area contributed by atoms with Crippen LogP contribution in [-0.4, -0.2) is 45.7 Å². The van der Waals surface area contributed by atoms with Gasteiger partial charge in [0.2, 0.25) is 0 Å². The summed E-state index contributed by atoms with van der Waals surface area (Å²) >= 11 is 3.57. The lowest BCUT2D eigenvalue weighted by molar-refractivity contribution is -0.259. The van der Waals surface area contributed by atoms with E-state index in [1.807, 2.05) is 4.68 Å². The lowest BCUT2D eigenvalue weighted by atomic mass is 9.51. The van der Waals surface area contributed by atoms with Crippen molar-refractivity contribution in [3.63, 3.8) is 0 Å². The van der Waals surface area contributed by atoms with Gasteiger partial charge in [-0.3, -0.25) is 0 Å². The van der Waals surface area contributed by atoms with Gasteiger partial charge in [0.05, 0.1) is 31.5 Å². The second-order valence-corrected chi connectivity index (χ2v) is 11.5. The number of nitrogens with zero attached hydrogens (tertiary/aromatic N) is 3. The highest BCUT2D eigenvalue weighted by Crippen LogP contribution is 2.60. The number of hydrogen-bond donors (Lipinski definition) is 1. The van der Waals surface area contributed by atoms with E-state index in [9.17, 15) is 0 Å². The van der Waals surface area contributed by atoms with E-state index in [2.05, 4.69) is 81.4 Å². The molecular weight excluding hydrogens is 420 g/mol. The van der Waals surface area contributed by atoms with Gasteiger partial charge in [-0.1, -0.05) is 41.5 Å². The van der Waals surface area contributed by atoms with Crippen molar-refractivity contribution in [2.75, 3.05) is 13.2 Å². The molecule has 1 aliphatic heterocycles. The maximum Gasteiger partial charge on any atom is 0.195 e. The number of halogens is 1. The van der Waals surface area contributed by atoms with Crippen LogP contribution >= 0.6 is 15.9 Å². The van der Waals surface area contributed by atoms with Crippen LogP contribution in [-0.2, 0) is 9.47 Å². The molecule has 0 aromatic carbocycles. The molecule has 1 aromatic rings. The molecule has 2 heterocycles. The smallest absolute Gasteiger partial charge is 0.195 e. The molecule has 1 aromatic heterocycles. The van der Waals surface area contributed by atoms with Gasteiger partial charge in [0.1, 0.15) is 6.33 Å². The molecule has 160 valence electrons. The minimum atomic E-state index is -0.444. The number of ether oxygens (including phenoxy) is 2. The van der Waals surface area contributed by atoms with Crippen LogP contribution in [0.25, 0.3) is 0 Å². The van der Waals surface area contributed by atoms with Crippen molar-refractivity contribution in [1.82, 2.24) is 14.8 Å². The third kappa shape index (κ3) is 3.36. The molecule has 1 saturated carbocycles. The van der Waals surface area contributed by atoms with Crippen LogP contribution in [0.4, 0.5) is 0 Å². The van der Waals surface area contributed by atoms with Crippen molar-refractivity contribution in [2.45, 2.75) is 85.6 Å². The molecule has 0 amide bonds. The van der Waals surface area contributed by atoms with E-state index in [1.54, 1.807) is 6.33 Å². The molecule has 1 aliphatic carbocycles. The molecule has 2 N–H and O–H groups in total. The summed E-state index contributed by atoms with van der Waals surface area (Å²) in [6, 6.07) is 0.0743. The molecule has 2 bridgehead atoms. The monoisotopic (exact) mass is 456 g/mol. The lowest BCUT2D eigenvalue weighted by Gasteiger charge is -2.62. The van der Waals surface area contributed by atoms with Gasteiger partial charge in [-0.05, 0) is 52.9 Å². The van der Waals surface area contributed by atoms with E-state index < -0.39 is 5.54 Å². The minimum absolute atomic E-state index is 0.0406. The third-order valence-corrected chi connectivity index (χ3v) is 8.89. The molecule has 7 heteroatoms. The molecule has 0 spiro atoms. The molecule has 7 unspecified atom stereocenters. The Morgan fingerprint density at radius 2 is 1.93 bits per heavy atom. The first-order valence-corrected chi connectivity index (χ1v) is 11.1. The molecule has 1 saturated heterocycles. The van der Waals surface area contributed by atoms with Crippen molar-refractivity contribution in [3.8, 4) is 0 Å². The van der Waals surface area contributed by atoms with Crippen LogP contribution in [0.3, 0.4) is 0 Å². The van der Waals surface area contributed by atoms with Crippen molar-refractivity contribution in [2.24, 2.45) is 27.9 Å². The van der Waals surface area contributed by atoms with E-state index in [-0.39, 0.29) is 34.5 Å². The summed E-state index contributed by atoms with van der Waals surface area (Å²) in [7, 11) is 0. The molecule has 6 nitrogen and oxygen atoms in total. The maximum atomic E-state index is 6.69. The maximum absolute atomic E-state index is 6.69. The highest BCUT2D eigenvalue weighted by Gasteiger charge is 2.62. The Kier molecular flexibility index (Phi) is 5.57. The summed E-state index contributed by atoms with van der Waals surface area (Å²) in [5.74, 6) is 0.450. The summed E-state index contributed by atoms with van der Waals surface area (Å²) in [5, 5.41) is 4.53. The highest BCUT2D eigenvalue weighted by molar-refractivity contribution is 9.10. The second kappa shape index (κ2) is 7.03. The standard InChI is InChI=1S/C21H37BrN4O2/c1-13-19(6)9-15(26-17(22)24-12-25-26)16(20(13,7)10-27-14(19)2)28-11-21(8,23)18(3,4)5/h12-16H,9-11,23H2,1-8H3. The van der Waals surface area contributed by atoms with Gasteiger partial charge in [0, 0.05) is 11.0 Å². The zero-order valence-corrected chi connectivity index (χ0v) is 20.2. The largest absolute Gasteiger partial charge is 0.377 e. The van der Waals surface area contributed by atoms with Gasteiger partial charge in [-0.25, -0.2) is 9.67 Å². The van der Waals surface area contributed by atoms with E-state index in [4.69, 9.17) is 15.2 Å². The Labute approximate surface area is 178 Å². The molecular formula is C21H37BrN4O2. The van der Waals surface area contributed by atoms with Crippen molar-refractivity contribution in [3.05, 3.63) is 11.1 Å². The molecule has 3 rings (SSSR count). The molecule has 0 radical (unpaired) electrons. The number of fused-ring (bicyclic) bond motifs is 2. The number of nitrogens with two attached hydrogens (primary N) is 1. The minimum Gasteiger partial charge on any atom is -0.377 e. The van der Waals surface area contributed by atoms with Crippen LogP contribution in [0.2, 0.25) is 0 Å². The molecule has 7 atom stereocenters. The van der Waals surface area contributed by atoms with E-state index in [0.29, 0.717) is 19.1 Å². The Balaban J connectivity index is 2.00. The van der Waals surface area contributed by atoms with Crippen LogP contribution < -0.4 is 5.73 Å². The average Bonchev–Trinajstić information content (AvgIpc) is 3.00. The molecule has 2 fully saturated rings. The van der Waals surface area contributed by atoms with E-state index >= 15 is 0 Å². The quantitative estimate of drug-likeness (QED) is 0.734. The fourth-order valence-electron chi connectivity index (χ4n) is 4.85. The Bertz CT molecular complexity index is 716. The van der Waals surface area contributed by atoms with Crippen LogP contribution in [0, 0.1) is 22.2 Å². The van der Waals surface area contributed by atoms with Gasteiger partial charge in [-0.2, -0.15) is 5.10 Å². The average molecular weight is 457 g/mol. The van der Waals surface area contributed by atoms with Crippen molar-refractivity contribution >= 4 is 15.9 Å². The first-order chi connectivity index (χ1) is 12.7. The summed E-state index contributed by atoms with van der Waals surface area (Å²) < 4.78 is 15.7. The fraction of sp³-hybridized carbons (Fsp3) is 0.905. The van der Waals surface area contributed by atoms with Crippen LogP contribution in [0.1, 0.15) is 67.9 Å². The van der Waals surface area contributed by atoms with E-state index in [1.165, 1.54) is 0 Å². The first-order valence-electron chi connectivity index (χ1n) is 10.3. The lowest BCUT2D eigenvalue weighted by Crippen LogP contribution is -2.65. The van der Waals surface area contributed by atoms with Crippen LogP contribution in [0.15, 0.2) is 11.1 Å². The summed E-state index contributed by atoms with van der Waals surface area (Å²) in [5.41, 5.74) is 6.05. The summed E-state index contributed by atoms with van der Waals surface area (Å²) in [6.45, 7) is 18.9. The van der Waals surface area contributed by atoms with Crippen molar-refractivity contribution < 1.29 is 9.47 Å². The Morgan fingerprint density at radius 1 is 1.29 bits per heavy atom. The highest BCUT2D eigenvalue weighted by atomic mass is 79.9. The number of hydrogen-bond acceptors (Lipinski definition) is 5. The van der Waals surface area contributed by atoms with E-state index in [0.717, 1.165) is 11.2 Å². The summed E-state index contributed by atoms with van der Waals surface area (Å²) in [6.07, 6.45) is 2.65. The third-order valence-electron chi connectivity index (χ3n) is 8.32. The van der Waals surface area contributed by atoms with Gasteiger partial charge in [0.25, 0.3) is 0 Å². The zero-order chi connectivity index (χ0) is 21.1. The summed E-state index contributed by atoms with van der Waals surface area (Å²) in [4.78, 5) is 4.31. The zero-order valence-electron chi connectivity index (χ0n) is 18.6. The number of rotatable bonds is 4. The Hall–Kier alpha value is -0.500. The molecule has 2 aliphatic rings. The normalized spacial score (nSPS) is 40.9. The predicted molar refractivity (Wildman–Crippen MR) is 114 cm³/mol. The van der Waals surface area contributed by atoms with Crippen LogP contribution in [0.5, 0.6) is 0 Å². The predicted octanol–water partition coefficient (Wildman–Crippen LogP) is 4.20. The SMILES string of the molecule is CC1OCC2(C)C(OCC(C)(N)C(C)(C)C)C(n3ncnc3Br)CC1(C)C2C. The second-order valence-electron chi connectivity index (χ2n) is 10.8. The van der Waals surface area contributed by atoms with Gasteiger partial charge < -0.3 is 15.2 Å². The topological polar surface area (TPSA) is 75.2 Å².